The zero-order valence-electron chi connectivity index (χ0n) is 34.7. The molecule has 6 aliphatic carbocycles. The van der Waals surface area contributed by atoms with Crippen LogP contribution < -0.4 is 5.32 Å². The Bertz CT molecular complexity index is 1710. The number of nitrogens with zero attached hydrogens (tertiary/aromatic N) is 1. The summed E-state index contributed by atoms with van der Waals surface area (Å²) < 4.78 is 6.43. The summed E-state index contributed by atoms with van der Waals surface area (Å²) in [6.45, 7) is 26.8. The lowest BCUT2D eigenvalue weighted by molar-refractivity contribution is -0.236. The van der Waals surface area contributed by atoms with E-state index in [0.29, 0.717) is 36.4 Å². The molecule has 1 heterocycles. The highest BCUT2D eigenvalue weighted by atomic mass is 32.1. The topological polar surface area (TPSA) is 106 Å². The van der Waals surface area contributed by atoms with Crippen molar-refractivity contribution in [1.29, 1.82) is 0 Å². The molecular weight excluding hydrogens is 681 g/mol. The van der Waals surface area contributed by atoms with Crippen LogP contribution in [-0.2, 0) is 25.7 Å². The Morgan fingerprint density at radius 3 is 2.25 bits per heavy atom. The number of carbonyl (C=O) groups excluding carboxylic acids is 2. The molecule has 5 fully saturated rings. The van der Waals surface area contributed by atoms with Gasteiger partial charge in [0.15, 0.2) is 5.78 Å². The first-order valence-corrected chi connectivity index (χ1v) is 21.8. The highest BCUT2D eigenvalue weighted by molar-refractivity contribution is 7.11. The van der Waals surface area contributed by atoms with E-state index in [9.17, 15) is 19.5 Å². The van der Waals surface area contributed by atoms with Gasteiger partial charge in [-0.2, -0.15) is 0 Å². The summed E-state index contributed by atoms with van der Waals surface area (Å²) in [7, 11) is 0. The van der Waals surface area contributed by atoms with Gasteiger partial charge in [0.1, 0.15) is 6.10 Å². The molecular formula is C45H68N2O5S. The molecule has 0 aliphatic heterocycles. The molecule has 10 atom stereocenters. The lowest BCUT2D eigenvalue weighted by Crippen LogP contribution is -2.66. The Labute approximate surface area is 323 Å². The number of fused-ring (bicyclic) bond motifs is 7. The first kappa shape index (κ1) is 39.2. The van der Waals surface area contributed by atoms with E-state index < -0.39 is 17.3 Å². The van der Waals surface area contributed by atoms with Gasteiger partial charge in [0.05, 0.1) is 22.5 Å². The van der Waals surface area contributed by atoms with Gasteiger partial charge in [0, 0.05) is 28.7 Å². The van der Waals surface area contributed by atoms with E-state index in [4.69, 9.17) is 4.74 Å². The van der Waals surface area contributed by atoms with Gasteiger partial charge in [-0.05, 0) is 136 Å². The van der Waals surface area contributed by atoms with E-state index in [1.54, 1.807) is 16.9 Å². The van der Waals surface area contributed by atoms with Crippen molar-refractivity contribution in [1.82, 2.24) is 10.3 Å². The number of nitrogens with one attached hydrogen (secondary N) is 1. The second-order valence-electron chi connectivity index (χ2n) is 20.9. The summed E-state index contributed by atoms with van der Waals surface area (Å²) in [4.78, 5) is 45.4. The molecule has 8 heteroatoms. The van der Waals surface area contributed by atoms with Crippen LogP contribution in [0.1, 0.15) is 149 Å². The summed E-state index contributed by atoms with van der Waals surface area (Å²) in [5.41, 5.74) is 3.51. The number of thiazole rings is 1. The average molecular weight is 749 g/mol. The zero-order chi connectivity index (χ0) is 38.7. The summed E-state index contributed by atoms with van der Waals surface area (Å²) >= 11 is 1.79. The van der Waals surface area contributed by atoms with Crippen LogP contribution in [0.5, 0.6) is 0 Å². The van der Waals surface area contributed by atoms with Gasteiger partial charge in [0.25, 0.3) is 0 Å². The highest BCUT2D eigenvalue weighted by Crippen LogP contribution is 2.77. The van der Waals surface area contributed by atoms with Crippen LogP contribution >= 0.6 is 11.3 Å². The number of rotatable bonds is 9. The average Bonchev–Trinajstić information content (AvgIpc) is 3.54. The Morgan fingerprint density at radius 1 is 0.906 bits per heavy atom. The number of allylic oxidation sites excluding steroid dienone is 2. The van der Waals surface area contributed by atoms with Gasteiger partial charge in [0.2, 0.25) is 0 Å². The molecule has 294 valence electrons. The fourth-order valence-electron chi connectivity index (χ4n) is 14.5. The van der Waals surface area contributed by atoms with Crippen molar-refractivity contribution < 1.29 is 24.2 Å². The van der Waals surface area contributed by atoms with Crippen LogP contribution in [0.25, 0.3) is 0 Å². The van der Waals surface area contributed by atoms with Crippen LogP contribution in [0.15, 0.2) is 11.1 Å². The van der Waals surface area contributed by atoms with Crippen molar-refractivity contribution in [3.05, 3.63) is 26.7 Å². The molecule has 0 radical (unpaired) electrons. The number of aryl methyl sites for hydroxylation is 2. The number of carboxylic acids is 1. The van der Waals surface area contributed by atoms with Crippen molar-refractivity contribution in [3.8, 4) is 0 Å². The fourth-order valence-corrected chi connectivity index (χ4v) is 15.4. The Kier molecular flexibility index (Phi) is 9.61. The number of esters is 1. The van der Waals surface area contributed by atoms with Crippen LogP contribution in [-0.4, -0.2) is 40.5 Å². The van der Waals surface area contributed by atoms with E-state index >= 15 is 0 Å². The third kappa shape index (κ3) is 5.70. The minimum Gasteiger partial charge on any atom is -0.481 e. The molecule has 2 N–H and O–H groups in total. The number of Topliss-reactive ketones (excluding diaryl/α,β-unsaturated/α-hetero) is 1. The van der Waals surface area contributed by atoms with Crippen LogP contribution in [0.4, 0.5) is 0 Å². The van der Waals surface area contributed by atoms with Gasteiger partial charge in [-0.1, -0.05) is 67.9 Å². The first-order valence-electron chi connectivity index (χ1n) is 21.0. The second kappa shape index (κ2) is 13.0. The molecule has 53 heavy (non-hydrogen) atoms. The smallest absolute Gasteiger partial charge is 0.309 e. The van der Waals surface area contributed by atoms with Crippen LogP contribution in [0.2, 0.25) is 0 Å². The maximum Gasteiger partial charge on any atom is 0.309 e. The monoisotopic (exact) mass is 748 g/mol. The summed E-state index contributed by atoms with van der Waals surface area (Å²) in [5.74, 6) is 0.265. The predicted molar refractivity (Wildman–Crippen MR) is 210 cm³/mol. The number of hydrogen-bond donors (Lipinski definition) is 2. The third-order valence-electron chi connectivity index (χ3n) is 17.7. The summed E-state index contributed by atoms with van der Waals surface area (Å²) in [6.07, 6.45) is 10.8. The third-order valence-corrected chi connectivity index (χ3v) is 18.8. The molecule has 0 aromatic carbocycles. The van der Waals surface area contributed by atoms with E-state index in [2.05, 4.69) is 72.6 Å². The van der Waals surface area contributed by atoms with Gasteiger partial charge in [-0.25, -0.2) is 4.98 Å². The largest absolute Gasteiger partial charge is 0.481 e. The normalized spacial score (nSPS) is 41.2. The van der Waals surface area contributed by atoms with Crippen molar-refractivity contribution in [2.24, 2.45) is 68.0 Å². The Hall–Kier alpha value is -2.06. The lowest BCUT2D eigenvalue weighted by atomic mass is 9.33. The number of ether oxygens (including phenoxy) is 1. The van der Waals surface area contributed by atoms with E-state index in [1.165, 1.54) is 29.7 Å². The molecule has 0 unspecified atom stereocenters. The summed E-state index contributed by atoms with van der Waals surface area (Å²) in [5, 5.41) is 14.5. The minimum absolute atomic E-state index is 0.0275. The molecule has 1 aromatic heterocycles. The number of aromatic nitrogens is 1. The molecule has 0 amide bonds. The quantitative estimate of drug-likeness (QED) is 0.191. The SMILES string of the molecule is Cc1nc(C)c(CNCC[C@@]23CC[C@]4(C)[C@H](CC[C@@H]5[C@@]6(C)CC[C@H](OC(=O)[C@H]7C[C@@H](C(=O)O)C7(C)C)C(C)(C)[C@@H]6CC[C@]54C)C2=C(C(C)C)C(=O)C3)s1. The Balaban J connectivity index is 1.11. The zero-order valence-corrected chi connectivity index (χ0v) is 35.5. The van der Waals surface area contributed by atoms with Crippen LogP contribution in [0, 0.1) is 81.8 Å². The molecule has 1 aromatic rings. The molecule has 6 aliphatic rings. The molecule has 5 saturated carbocycles. The van der Waals surface area contributed by atoms with Crippen LogP contribution in [0.3, 0.4) is 0 Å². The molecule has 7 nitrogen and oxygen atoms in total. The number of hydrogen-bond acceptors (Lipinski definition) is 7. The number of carbonyl (C=O) groups is 3. The van der Waals surface area contributed by atoms with E-state index in [0.717, 1.165) is 62.3 Å². The van der Waals surface area contributed by atoms with Gasteiger partial charge < -0.3 is 15.2 Å². The van der Waals surface area contributed by atoms with E-state index in [1.807, 2.05) is 13.8 Å². The van der Waals surface area contributed by atoms with Gasteiger partial charge >= 0.3 is 11.9 Å². The number of ketones is 1. The highest BCUT2D eigenvalue weighted by Gasteiger charge is 2.70. The minimum atomic E-state index is -0.814. The van der Waals surface area contributed by atoms with Crippen molar-refractivity contribution in [2.75, 3.05) is 6.54 Å². The molecule has 7 rings (SSSR count). The van der Waals surface area contributed by atoms with E-state index in [-0.39, 0.29) is 51.0 Å². The second-order valence-corrected chi connectivity index (χ2v) is 22.2. The van der Waals surface area contributed by atoms with Gasteiger partial charge in [-0.3, -0.25) is 14.4 Å². The van der Waals surface area contributed by atoms with Crippen molar-refractivity contribution in [2.45, 2.75) is 159 Å². The lowest BCUT2D eigenvalue weighted by Gasteiger charge is -2.72. The maximum absolute atomic E-state index is 14.0. The molecule has 0 spiro atoms. The van der Waals surface area contributed by atoms with Crippen molar-refractivity contribution >= 4 is 29.1 Å². The predicted octanol–water partition coefficient (Wildman–Crippen LogP) is 9.88. The standard InChI is InChI=1S/C45H68N2O5S/c1-25(2)36-31(48)23-45(20-21-46-24-32-26(3)47-27(4)53-32)19-18-43(10)28(37(36)45)12-13-34-42(9)16-15-35(41(7,8)33(42)14-17-44(34,43)11)52-39(51)30-22-29(38(49)50)40(30,5)6/h25,28-30,33-35,46H,12-24H2,1-11H3,(H,49,50)/t28-,29+,30-,33+,34-,35+,42+,43-,44-,45-/m1/s1. The van der Waals surface area contributed by atoms with Crippen molar-refractivity contribution in [3.63, 3.8) is 0 Å². The fraction of sp³-hybridized carbons (Fsp3) is 0.822. The first-order chi connectivity index (χ1) is 24.6. The number of carboxylic acid groups (broad SMARTS) is 1. The number of aliphatic carboxylic acids is 1. The maximum atomic E-state index is 14.0. The Morgan fingerprint density at radius 2 is 1.62 bits per heavy atom. The molecule has 0 bridgehead atoms. The summed E-state index contributed by atoms with van der Waals surface area (Å²) in [6, 6.07) is 0. The molecule has 0 saturated heterocycles. The van der Waals surface area contributed by atoms with Gasteiger partial charge in [-0.15, -0.1) is 11.3 Å².